The molecule has 0 spiro atoms. The standard InChI is InChI=1S/C20H19N2O2/c1-13-19-8-18(12-24)17(11-23)7-16(19)9-20(22(13)2)15-5-3-4-14(6-15)10-21/h3-9,23-24H,11-12H2,1-2H3/q+1. The molecule has 1 heterocycles. The van der Waals surface area contributed by atoms with E-state index >= 15 is 0 Å². The Labute approximate surface area is 140 Å². The van der Waals surface area contributed by atoms with E-state index in [2.05, 4.69) is 16.7 Å². The number of rotatable bonds is 3. The normalized spacial score (nSPS) is 10.8. The lowest BCUT2D eigenvalue weighted by molar-refractivity contribution is -0.665. The summed E-state index contributed by atoms with van der Waals surface area (Å²) < 4.78 is 2.08. The van der Waals surface area contributed by atoms with Gasteiger partial charge < -0.3 is 10.2 Å². The van der Waals surface area contributed by atoms with E-state index in [0.717, 1.165) is 38.9 Å². The van der Waals surface area contributed by atoms with Crippen LogP contribution in [0, 0.1) is 18.3 Å². The van der Waals surface area contributed by atoms with E-state index in [1.54, 1.807) is 6.07 Å². The van der Waals surface area contributed by atoms with E-state index in [1.807, 2.05) is 44.3 Å². The Morgan fingerprint density at radius 3 is 2.42 bits per heavy atom. The van der Waals surface area contributed by atoms with E-state index in [1.165, 1.54) is 0 Å². The molecule has 0 aliphatic rings. The SMILES string of the molecule is Cc1c2cc(CO)c(CO)cc2cc(-c2cccc(C#N)c2)[n+]1C. The molecule has 0 radical (unpaired) electrons. The molecule has 0 saturated carbocycles. The van der Waals surface area contributed by atoms with Gasteiger partial charge in [0.25, 0.3) is 0 Å². The van der Waals surface area contributed by atoms with Gasteiger partial charge in [-0.2, -0.15) is 9.83 Å². The highest BCUT2D eigenvalue weighted by atomic mass is 16.3. The highest BCUT2D eigenvalue weighted by molar-refractivity contribution is 5.87. The van der Waals surface area contributed by atoms with E-state index < -0.39 is 0 Å². The largest absolute Gasteiger partial charge is 0.392 e. The quantitative estimate of drug-likeness (QED) is 0.729. The zero-order chi connectivity index (χ0) is 17.3. The Kier molecular flexibility index (Phi) is 4.30. The molecule has 0 amide bonds. The molecule has 0 aliphatic carbocycles. The summed E-state index contributed by atoms with van der Waals surface area (Å²) in [7, 11) is 1.99. The van der Waals surface area contributed by atoms with Gasteiger partial charge in [0.15, 0.2) is 5.69 Å². The molecule has 24 heavy (non-hydrogen) atoms. The van der Waals surface area contributed by atoms with Gasteiger partial charge in [0, 0.05) is 23.9 Å². The fraction of sp³-hybridized carbons (Fsp3) is 0.200. The van der Waals surface area contributed by atoms with Crippen molar-refractivity contribution < 1.29 is 14.8 Å². The molecular weight excluding hydrogens is 300 g/mol. The molecule has 0 bridgehead atoms. The van der Waals surface area contributed by atoms with Crippen LogP contribution >= 0.6 is 0 Å². The number of benzene rings is 2. The second-order valence-corrected chi connectivity index (χ2v) is 5.89. The first-order valence-corrected chi connectivity index (χ1v) is 7.76. The van der Waals surface area contributed by atoms with Gasteiger partial charge in [0.1, 0.15) is 7.05 Å². The highest BCUT2D eigenvalue weighted by Gasteiger charge is 2.18. The summed E-state index contributed by atoms with van der Waals surface area (Å²) in [5, 5.41) is 30.2. The maximum absolute atomic E-state index is 9.54. The number of hydrogen-bond donors (Lipinski definition) is 2. The van der Waals surface area contributed by atoms with E-state index in [9.17, 15) is 10.2 Å². The summed E-state index contributed by atoms with van der Waals surface area (Å²) in [5.74, 6) is 0. The number of nitrogens with zero attached hydrogens (tertiary/aromatic N) is 2. The molecule has 4 heteroatoms. The van der Waals surface area contributed by atoms with Crippen LogP contribution in [0.15, 0.2) is 42.5 Å². The third-order valence-electron chi connectivity index (χ3n) is 4.55. The summed E-state index contributed by atoms with van der Waals surface area (Å²) >= 11 is 0. The molecular formula is C20H19N2O2+. The molecule has 0 saturated heterocycles. The van der Waals surface area contributed by atoms with Gasteiger partial charge in [0.05, 0.1) is 24.8 Å². The van der Waals surface area contributed by atoms with Gasteiger partial charge in [-0.05, 0) is 46.8 Å². The van der Waals surface area contributed by atoms with Crippen LogP contribution in [0.2, 0.25) is 0 Å². The fourth-order valence-electron chi connectivity index (χ4n) is 3.07. The van der Waals surface area contributed by atoms with Gasteiger partial charge in [-0.25, -0.2) is 0 Å². The second kappa shape index (κ2) is 6.40. The smallest absolute Gasteiger partial charge is 0.213 e. The lowest BCUT2D eigenvalue weighted by Crippen LogP contribution is -2.35. The molecule has 2 aromatic carbocycles. The number of fused-ring (bicyclic) bond motifs is 1. The minimum Gasteiger partial charge on any atom is -0.392 e. The first-order chi connectivity index (χ1) is 11.6. The van der Waals surface area contributed by atoms with E-state index in [4.69, 9.17) is 5.26 Å². The topological polar surface area (TPSA) is 68.1 Å². The Bertz CT molecular complexity index is 972. The number of nitriles is 1. The van der Waals surface area contributed by atoms with Crippen molar-refractivity contribution in [1.29, 1.82) is 5.26 Å². The van der Waals surface area contributed by atoms with Crippen LogP contribution < -0.4 is 4.57 Å². The molecule has 4 nitrogen and oxygen atoms in total. The minimum absolute atomic E-state index is 0.0963. The van der Waals surface area contributed by atoms with Crippen molar-refractivity contribution in [3.63, 3.8) is 0 Å². The number of aliphatic hydroxyl groups is 2. The average Bonchev–Trinajstić information content (AvgIpc) is 2.63. The molecule has 0 atom stereocenters. The van der Waals surface area contributed by atoms with Gasteiger partial charge in [0.2, 0.25) is 5.69 Å². The molecule has 2 N–H and O–H groups in total. The molecule has 0 fully saturated rings. The van der Waals surface area contributed by atoms with Gasteiger partial charge >= 0.3 is 0 Å². The predicted octanol–water partition coefficient (Wildman–Crippen LogP) is 2.50. The van der Waals surface area contributed by atoms with Crippen LogP contribution in [0.5, 0.6) is 0 Å². The van der Waals surface area contributed by atoms with E-state index in [0.29, 0.717) is 5.56 Å². The van der Waals surface area contributed by atoms with Crippen molar-refractivity contribution >= 4 is 10.8 Å². The summed E-state index contributed by atoms with van der Waals surface area (Å²) in [4.78, 5) is 0. The number of aryl methyl sites for hydroxylation is 1. The summed E-state index contributed by atoms with van der Waals surface area (Å²) in [6.07, 6.45) is 0. The molecule has 1 aromatic heterocycles. The zero-order valence-electron chi connectivity index (χ0n) is 13.7. The first-order valence-electron chi connectivity index (χ1n) is 7.76. The third kappa shape index (κ3) is 2.65. The van der Waals surface area contributed by atoms with Crippen molar-refractivity contribution in [2.75, 3.05) is 0 Å². The minimum atomic E-state index is -0.106. The molecule has 3 rings (SSSR count). The van der Waals surface area contributed by atoms with Crippen molar-refractivity contribution in [3.05, 3.63) is 64.8 Å². The van der Waals surface area contributed by atoms with Crippen LogP contribution in [0.1, 0.15) is 22.4 Å². The van der Waals surface area contributed by atoms with E-state index in [-0.39, 0.29) is 13.2 Å². The first kappa shape index (κ1) is 16.1. The third-order valence-corrected chi connectivity index (χ3v) is 4.55. The zero-order valence-corrected chi connectivity index (χ0v) is 13.7. The van der Waals surface area contributed by atoms with Crippen LogP contribution in [-0.2, 0) is 20.3 Å². The summed E-state index contributed by atoms with van der Waals surface area (Å²) in [6.45, 7) is 1.83. The number of aliphatic hydroxyl groups excluding tert-OH is 2. The number of aromatic nitrogens is 1. The number of hydrogen-bond acceptors (Lipinski definition) is 3. The maximum Gasteiger partial charge on any atom is 0.213 e. The Hall–Kier alpha value is -2.74. The lowest BCUT2D eigenvalue weighted by atomic mass is 9.98. The van der Waals surface area contributed by atoms with Crippen LogP contribution in [0.3, 0.4) is 0 Å². The van der Waals surface area contributed by atoms with Crippen molar-refractivity contribution in [1.82, 2.24) is 0 Å². The Morgan fingerprint density at radius 1 is 1.04 bits per heavy atom. The van der Waals surface area contributed by atoms with Crippen molar-refractivity contribution in [3.8, 4) is 17.3 Å². The highest BCUT2D eigenvalue weighted by Crippen LogP contribution is 2.26. The predicted molar refractivity (Wildman–Crippen MR) is 91.9 cm³/mol. The van der Waals surface area contributed by atoms with Crippen LogP contribution in [-0.4, -0.2) is 10.2 Å². The molecule has 120 valence electrons. The van der Waals surface area contributed by atoms with Gasteiger partial charge in [-0.15, -0.1) is 0 Å². The molecule has 0 aliphatic heterocycles. The second-order valence-electron chi connectivity index (χ2n) is 5.89. The van der Waals surface area contributed by atoms with Gasteiger partial charge in [-0.3, -0.25) is 0 Å². The van der Waals surface area contributed by atoms with Crippen molar-refractivity contribution in [2.24, 2.45) is 7.05 Å². The Balaban J connectivity index is 2.30. The van der Waals surface area contributed by atoms with Gasteiger partial charge in [-0.1, -0.05) is 6.07 Å². The fourth-order valence-corrected chi connectivity index (χ4v) is 3.07. The molecule has 3 aromatic rings. The lowest BCUT2D eigenvalue weighted by Gasteiger charge is -2.11. The summed E-state index contributed by atoms with van der Waals surface area (Å²) in [6, 6.07) is 15.6. The van der Waals surface area contributed by atoms with Crippen LogP contribution in [0.25, 0.3) is 22.0 Å². The van der Waals surface area contributed by atoms with Crippen LogP contribution in [0.4, 0.5) is 0 Å². The number of pyridine rings is 1. The average molecular weight is 319 g/mol. The summed E-state index contributed by atoms with van der Waals surface area (Å²) in [5.41, 5.74) is 5.12. The Morgan fingerprint density at radius 2 is 1.75 bits per heavy atom. The molecule has 0 unspecified atom stereocenters. The monoisotopic (exact) mass is 319 g/mol. The van der Waals surface area contributed by atoms with Crippen molar-refractivity contribution in [2.45, 2.75) is 20.1 Å². The maximum atomic E-state index is 9.54.